The molecule has 130 valence electrons. The Morgan fingerprint density at radius 1 is 1.08 bits per heavy atom. The van der Waals surface area contributed by atoms with E-state index in [2.05, 4.69) is 5.32 Å². The van der Waals surface area contributed by atoms with Crippen LogP contribution in [-0.2, 0) is 9.59 Å². The molecule has 4 nitrogen and oxygen atoms in total. The van der Waals surface area contributed by atoms with Crippen LogP contribution in [0.15, 0.2) is 24.3 Å². The summed E-state index contributed by atoms with van der Waals surface area (Å²) in [5, 5.41) is 3.66. The van der Waals surface area contributed by atoms with Gasteiger partial charge in [-0.25, -0.2) is 0 Å². The molecule has 24 heavy (non-hydrogen) atoms. The van der Waals surface area contributed by atoms with Crippen molar-refractivity contribution >= 4 is 41.1 Å². The highest BCUT2D eigenvalue weighted by Crippen LogP contribution is 2.23. The van der Waals surface area contributed by atoms with Crippen LogP contribution in [0.1, 0.15) is 37.7 Å². The van der Waals surface area contributed by atoms with Crippen molar-refractivity contribution in [1.82, 2.24) is 10.2 Å². The highest BCUT2D eigenvalue weighted by Gasteiger charge is 2.14. The molecule has 0 spiro atoms. The lowest BCUT2D eigenvalue weighted by molar-refractivity contribution is -0.131. The molecular weight excluding hydrogens is 347 g/mol. The Bertz CT molecular complexity index is 609. The first kappa shape index (κ1) is 18.8. The molecule has 1 heterocycles. The summed E-state index contributed by atoms with van der Waals surface area (Å²) >= 11 is 11.8. The second-order valence-electron chi connectivity index (χ2n) is 5.84. The fourth-order valence-electron chi connectivity index (χ4n) is 2.62. The molecule has 0 aromatic heterocycles. The number of halogens is 2. The number of carbonyl (C=O) groups is 2. The molecule has 1 N–H and O–H groups in total. The van der Waals surface area contributed by atoms with Gasteiger partial charge in [0, 0.05) is 32.1 Å². The third-order valence-electron chi connectivity index (χ3n) is 3.97. The number of hydrogen-bond acceptors (Lipinski definition) is 2. The average Bonchev–Trinajstić information content (AvgIpc) is 2.85. The molecule has 6 heteroatoms. The van der Waals surface area contributed by atoms with E-state index in [1.54, 1.807) is 24.3 Å². The lowest BCUT2D eigenvalue weighted by Gasteiger charge is -2.20. The number of nitrogens with one attached hydrogen (secondary N) is 1. The summed E-state index contributed by atoms with van der Waals surface area (Å²) in [4.78, 5) is 25.8. The Hall–Kier alpha value is -1.52. The monoisotopic (exact) mass is 368 g/mol. The SMILES string of the molecule is O=C(/C=C/c1ccc(Cl)c(Cl)c1)NCCC(=O)N1CCCCCC1. The molecule has 2 rings (SSSR count). The Labute approximate surface area is 152 Å². The van der Waals surface area contributed by atoms with Crippen LogP contribution in [0.5, 0.6) is 0 Å². The smallest absolute Gasteiger partial charge is 0.244 e. The Balaban J connectivity index is 1.73. The summed E-state index contributed by atoms with van der Waals surface area (Å²) in [6.07, 6.45) is 7.96. The molecule has 1 saturated heterocycles. The molecule has 0 aliphatic carbocycles. The van der Waals surface area contributed by atoms with Crippen LogP contribution in [0.2, 0.25) is 10.0 Å². The molecule has 1 aliphatic heterocycles. The highest BCUT2D eigenvalue weighted by atomic mass is 35.5. The molecule has 2 amide bonds. The number of hydrogen-bond donors (Lipinski definition) is 1. The molecule has 0 bridgehead atoms. The molecule has 0 unspecified atom stereocenters. The number of likely N-dealkylation sites (tertiary alicyclic amines) is 1. The molecule has 1 aromatic carbocycles. The van der Waals surface area contributed by atoms with E-state index >= 15 is 0 Å². The van der Waals surface area contributed by atoms with Gasteiger partial charge in [0.05, 0.1) is 10.0 Å². The average molecular weight is 369 g/mol. The maximum atomic E-state index is 12.1. The lowest BCUT2D eigenvalue weighted by Crippen LogP contribution is -2.34. The van der Waals surface area contributed by atoms with Crippen molar-refractivity contribution in [3.63, 3.8) is 0 Å². The van der Waals surface area contributed by atoms with Crippen molar-refractivity contribution in [3.8, 4) is 0 Å². The quantitative estimate of drug-likeness (QED) is 0.800. The van der Waals surface area contributed by atoms with Crippen LogP contribution in [-0.4, -0.2) is 36.3 Å². The second-order valence-corrected chi connectivity index (χ2v) is 6.66. The summed E-state index contributed by atoms with van der Waals surface area (Å²) in [6.45, 7) is 2.02. The zero-order valence-electron chi connectivity index (χ0n) is 13.6. The largest absolute Gasteiger partial charge is 0.352 e. The zero-order chi connectivity index (χ0) is 17.4. The first-order valence-electron chi connectivity index (χ1n) is 8.25. The summed E-state index contributed by atoms with van der Waals surface area (Å²) in [7, 11) is 0. The van der Waals surface area contributed by atoms with Crippen LogP contribution in [0.3, 0.4) is 0 Å². The van der Waals surface area contributed by atoms with E-state index in [0.29, 0.717) is 23.0 Å². The van der Waals surface area contributed by atoms with Crippen LogP contribution in [0, 0.1) is 0 Å². The van der Waals surface area contributed by atoms with Gasteiger partial charge >= 0.3 is 0 Å². The number of nitrogens with zero attached hydrogens (tertiary/aromatic N) is 1. The first-order chi connectivity index (χ1) is 11.6. The standard InChI is InChI=1S/C18H22Cl2N2O2/c19-15-7-5-14(13-16(15)20)6-8-17(23)21-10-9-18(24)22-11-3-1-2-4-12-22/h5-8,13H,1-4,9-12H2,(H,21,23)/b8-6+. The van der Waals surface area contributed by atoms with E-state index < -0.39 is 0 Å². The minimum Gasteiger partial charge on any atom is -0.352 e. The van der Waals surface area contributed by atoms with Gasteiger partial charge in [-0.15, -0.1) is 0 Å². The molecule has 0 atom stereocenters. The lowest BCUT2D eigenvalue weighted by atomic mass is 10.2. The predicted molar refractivity (Wildman–Crippen MR) is 98.2 cm³/mol. The summed E-state index contributed by atoms with van der Waals surface area (Å²) < 4.78 is 0. The third kappa shape index (κ3) is 6.17. The van der Waals surface area contributed by atoms with E-state index in [-0.39, 0.29) is 11.8 Å². The normalized spacial score (nSPS) is 15.3. The second kappa shape index (κ2) is 9.70. The van der Waals surface area contributed by atoms with Crippen molar-refractivity contribution in [2.24, 2.45) is 0 Å². The summed E-state index contributed by atoms with van der Waals surface area (Å²) in [6, 6.07) is 5.15. The fraction of sp³-hybridized carbons (Fsp3) is 0.444. The molecule has 1 aliphatic rings. The van der Waals surface area contributed by atoms with Crippen molar-refractivity contribution in [3.05, 3.63) is 39.9 Å². The minimum absolute atomic E-state index is 0.116. The third-order valence-corrected chi connectivity index (χ3v) is 4.71. The maximum Gasteiger partial charge on any atom is 0.244 e. The molecule has 0 saturated carbocycles. The van der Waals surface area contributed by atoms with Gasteiger partial charge in [-0.05, 0) is 36.6 Å². The summed E-state index contributed by atoms with van der Waals surface area (Å²) in [5.41, 5.74) is 0.792. The summed E-state index contributed by atoms with van der Waals surface area (Å²) in [5.74, 6) is -0.115. The van der Waals surface area contributed by atoms with Crippen molar-refractivity contribution < 1.29 is 9.59 Å². The van der Waals surface area contributed by atoms with Gasteiger partial charge in [0.15, 0.2) is 0 Å². The van der Waals surface area contributed by atoms with Gasteiger partial charge in [0.25, 0.3) is 0 Å². The van der Waals surface area contributed by atoms with Crippen LogP contribution < -0.4 is 5.32 Å². The van der Waals surface area contributed by atoms with Crippen LogP contribution >= 0.6 is 23.2 Å². The van der Waals surface area contributed by atoms with E-state index in [9.17, 15) is 9.59 Å². The minimum atomic E-state index is -0.232. The van der Waals surface area contributed by atoms with Gasteiger partial charge in [0.1, 0.15) is 0 Å². The van der Waals surface area contributed by atoms with Crippen molar-refractivity contribution in [1.29, 1.82) is 0 Å². The van der Waals surface area contributed by atoms with Gasteiger partial charge in [-0.3, -0.25) is 9.59 Å². The Kier molecular flexibility index (Phi) is 7.60. The van der Waals surface area contributed by atoms with E-state index in [1.807, 2.05) is 4.90 Å². The van der Waals surface area contributed by atoms with Gasteiger partial charge in [0.2, 0.25) is 11.8 Å². The van der Waals surface area contributed by atoms with Crippen LogP contribution in [0.4, 0.5) is 0 Å². The van der Waals surface area contributed by atoms with Crippen molar-refractivity contribution in [2.45, 2.75) is 32.1 Å². The van der Waals surface area contributed by atoms with Crippen molar-refractivity contribution in [2.75, 3.05) is 19.6 Å². The molecule has 0 radical (unpaired) electrons. The highest BCUT2D eigenvalue weighted by molar-refractivity contribution is 6.42. The van der Waals surface area contributed by atoms with Crippen LogP contribution in [0.25, 0.3) is 6.08 Å². The number of benzene rings is 1. The van der Waals surface area contributed by atoms with E-state index in [0.717, 1.165) is 31.5 Å². The van der Waals surface area contributed by atoms with E-state index in [1.165, 1.54) is 18.9 Å². The number of rotatable bonds is 5. The Morgan fingerprint density at radius 3 is 2.46 bits per heavy atom. The topological polar surface area (TPSA) is 49.4 Å². The number of amides is 2. The predicted octanol–water partition coefficient (Wildman–Crippen LogP) is 3.92. The number of carbonyl (C=O) groups excluding carboxylic acids is 2. The molecule has 1 fully saturated rings. The van der Waals surface area contributed by atoms with Gasteiger partial charge in [-0.1, -0.05) is 42.1 Å². The van der Waals surface area contributed by atoms with Gasteiger partial charge < -0.3 is 10.2 Å². The first-order valence-corrected chi connectivity index (χ1v) is 9.00. The molecule has 1 aromatic rings. The Morgan fingerprint density at radius 2 is 1.79 bits per heavy atom. The fourth-order valence-corrected chi connectivity index (χ4v) is 2.92. The zero-order valence-corrected chi connectivity index (χ0v) is 15.1. The maximum absolute atomic E-state index is 12.1. The van der Waals surface area contributed by atoms with Gasteiger partial charge in [-0.2, -0.15) is 0 Å². The van der Waals surface area contributed by atoms with E-state index in [4.69, 9.17) is 23.2 Å². The molecular formula is C18H22Cl2N2O2.